The van der Waals surface area contributed by atoms with Crippen molar-refractivity contribution in [3.05, 3.63) is 23.5 Å². The first kappa shape index (κ1) is 6.46. The van der Waals surface area contributed by atoms with E-state index in [1.165, 1.54) is 0 Å². The lowest BCUT2D eigenvalue weighted by atomic mass is 10.2. The first-order valence-corrected chi connectivity index (χ1v) is 3.65. The van der Waals surface area contributed by atoms with E-state index >= 15 is 0 Å². The van der Waals surface area contributed by atoms with Crippen molar-refractivity contribution in [1.29, 1.82) is 0 Å². The largest absolute Gasteiger partial charge is 0.256 e. The van der Waals surface area contributed by atoms with Crippen LogP contribution in [0.5, 0.6) is 0 Å². The van der Waals surface area contributed by atoms with E-state index in [4.69, 9.17) is 0 Å². The zero-order chi connectivity index (χ0) is 7.84. The van der Waals surface area contributed by atoms with Crippen molar-refractivity contribution < 1.29 is 0 Å². The van der Waals surface area contributed by atoms with Crippen molar-refractivity contribution in [1.82, 2.24) is 4.98 Å². The molecule has 0 aromatic carbocycles. The molecule has 0 radical (unpaired) electrons. The minimum atomic E-state index is 0.144. The smallest absolute Gasteiger partial charge is 0.113 e. The predicted molar refractivity (Wildman–Crippen MR) is 41.9 cm³/mol. The summed E-state index contributed by atoms with van der Waals surface area (Å²) in [5.41, 5.74) is 3.06. The minimum absolute atomic E-state index is 0.144. The zero-order valence-corrected chi connectivity index (χ0v) is 6.57. The molecule has 2 heterocycles. The molecule has 3 nitrogen and oxygen atoms in total. The second kappa shape index (κ2) is 2.12. The van der Waals surface area contributed by atoms with Crippen molar-refractivity contribution >= 4 is 5.69 Å². The van der Waals surface area contributed by atoms with E-state index in [0.717, 1.165) is 16.9 Å². The SMILES string of the molecule is Cc1cnc2c(c1)N=NC2C. The molecule has 0 N–H and O–H groups in total. The molecule has 0 amide bonds. The maximum absolute atomic E-state index is 4.25. The standard InChI is InChI=1S/C8H9N3/c1-5-3-7-8(9-4-5)6(2)10-11-7/h3-4,6H,1-2H3. The van der Waals surface area contributed by atoms with Crippen LogP contribution in [0.25, 0.3) is 0 Å². The van der Waals surface area contributed by atoms with E-state index in [1.807, 2.05) is 26.1 Å². The molecule has 56 valence electrons. The van der Waals surface area contributed by atoms with Gasteiger partial charge in [-0.1, -0.05) is 0 Å². The third kappa shape index (κ3) is 0.926. The van der Waals surface area contributed by atoms with Crippen LogP contribution in [0.2, 0.25) is 0 Å². The van der Waals surface area contributed by atoms with Crippen molar-refractivity contribution in [3.8, 4) is 0 Å². The highest BCUT2D eigenvalue weighted by atomic mass is 15.2. The Hall–Kier alpha value is -1.25. The number of pyridine rings is 1. The van der Waals surface area contributed by atoms with Gasteiger partial charge in [-0.25, -0.2) is 0 Å². The van der Waals surface area contributed by atoms with Crippen LogP contribution >= 0.6 is 0 Å². The number of azo groups is 1. The summed E-state index contributed by atoms with van der Waals surface area (Å²) < 4.78 is 0. The summed E-state index contributed by atoms with van der Waals surface area (Å²) in [5, 5.41) is 8.01. The van der Waals surface area contributed by atoms with Crippen LogP contribution in [-0.2, 0) is 0 Å². The average Bonchev–Trinajstić information content (AvgIpc) is 2.32. The highest BCUT2D eigenvalue weighted by molar-refractivity contribution is 5.46. The molecule has 1 unspecified atom stereocenters. The third-order valence-corrected chi connectivity index (χ3v) is 1.77. The molecule has 1 aliphatic rings. The Bertz CT molecular complexity index is 317. The molecular weight excluding hydrogens is 138 g/mol. The number of hydrogen-bond acceptors (Lipinski definition) is 3. The van der Waals surface area contributed by atoms with E-state index in [0.29, 0.717) is 0 Å². The van der Waals surface area contributed by atoms with Crippen LogP contribution < -0.4 is 0 Å². The summed E-state index contributed by atoms with van der Waals surface area (Å²) in [4.78, 5) is 4.25. The first-order valence-electron chi connectivity index (χ1n) is 3.65. The molecule has 0 bridgehead atoms. The second-order valence-corrected chi connectivity index (χ2v) is 2.81. The maximum Gasteiger partial charge on any atom is 0.113 e. The number of nitrogens with zero attached hydrogens (tertiary/aromatic N) is 3. The van der Waals surface area contributed by atoms with Crippen molar-refractivity contribution in [3.63, 3.8) is 0 Å². The summed E-state index contributed by atoms with van der Waals surface area (Å²) in [6.45, 7) is 4.00. The Balaban J connectivity index is 2.58. The van der Waals surface area contributed by atoms with E-state index in [-0.39, 0.29) is 6.04 Å². The molecule has 0 spiro atoms. The Kier molecular flexibility index (Phi) is 1.24. The quantitative estimate of drug-likeness (QED) is 0.555. The lowest BCUT2D eigenvalue weighted by molar-refractivity contribution is 0.784. The Morgan fingerprint density at radius 3 is 3.09 bits per heavy atom. The summed E-state index contributed by atoms with van der Waals surface area (Å²) in [6, 6.07) is 2.15. The maximum atomic E-state index is 4.25. The monoisotopic (exact) mass is 147 g/mol. The highest BCUT2D eigenvalue weighted by Crippen LogP contribution is 2.33. The fourth-order valence-corrected chi connectivity index (χ4v) is 1.17. The van der Waals surface area contributed by atoms with Gasteiger partial charge in [-0.15, -0.1) is 0 Å². The van der Waals surface area contributed by atoms with Gasteiger partial charge in [0, 0.05) is 6.20 Å². The molecule has 0 saturated carbocycles. The van der Waals surface area contributed by atoms with Crippen LogP contribution in [0.15, 0.2) is 22.5 Å². The van der Waals surface area contributed by atoms with Crippen LogP contribution in [0.3, 0.4) is 0 Å². The van der Waals surface area contributed by atoms with E-state index in [1.54, 1.807) is 0 Å². The molecule has 3 heteroatoms. The summed E-state index contributed by atoms with van der Waals surface area (Å²) >= 11 is 0. The number of aromatic nitrogens is 1. The van der Waals surface area contributed by atoms with Crippen molar-refractivity contribution in [2.45, 2.75) is 19.9 Å². The predicted octanol–water partition coefficient (Wildman–Crippen LogP) is 2.55. The van der Waals surface area contributed by atoms with Crippen LogP contribution in [0.1, 0.15) is 24.2 Å². The van der Waals surface area contributed by atoms with Gasteiger partial charge in [-0.2, -0.15) is 10.2 Å². The van der Waals surface area contributed by atoms with Gasteiger partial charge in [0.05, 0.1) is 5.69 Å². The fraction of sp³-hybridized carbons (Fsp3) is 0.375. The van der Waals surface area contributed by atoms with Gasteiger partial charge in [0.2, 0.25) is 0 Å². The normalized spacial score (nSPS) is 20.4. The Morgan fingerprint density at radius 2 is 2.27 bits per heavy atom. The first-order chi connectivity index (χ1) is 5.27. The van der Waals surface area contributed by atoms with E-state index in [2.05, 4.69) is 15.2 Å². The number of rotatable bonds is 0. The molecule has 1 aliphatic heterocycles. The molecule has 1 aromatic rings. The topological polar surface area (TPSA) is 37.6 Å². The van der Waals surface area contributed by atoms with Crippen LogP contribution in [-0.4, -0.2) is 4.98 Å². The molecule has 1 aromatic heterocycles. The van der Waals surface area contributed by atoms with E-state index < -0.39 is 0 Å². The number of hydrogen-bond donors (Lipinski definition) is 0. The average molecular weight is 147 g/mol. The number of fused-ring (bicyclic) bond motifs is 1. The van der Waals surface area contributed by atoms with Crippen LogP contribution in [0.4, 0.5) is 5.69 Å². The summed E-state index contributed by atoms with van der Waals surface area (Å²) in [7, 11) is 0. The van der Waals surface area contributed by atoms with Crippen molar-refractivity contribution in [2.24, 2.45) is 10.2 Å². The Morgan fingerprint density at radius 1 is 1.45 bits per heavy atom. The zero-order valence-electron chi connectivity index (χ0n) is 6.57. The molecule has 1 atom stereocenters. The van der Waals surface area contributed by atoms with Gasteiger partial charge < -0.3 is 0 Å². The van der Waals surface area contributed by atoms with Gasteiger partial charge in [0.1, 0.15) is 11.7 Å². The van der Waals surface area contributed by atoms with Gasteiger partial charge >= 0.3 is 0 Å². The summed E-state index contributed by atoms with van der Waals surface area (Å²) in [6.07, 6.45) is 1.85. The van der Waals surface area contributed by atoms with E-state index in [9.17, 15) is 0 Å². The van der Waals surface area contributed by atoms with Gasteiger partial charge in [-0.3, -0.25) is 4.98 Å². The van der Waals surface area contributed by atoms with Gasteiger partial charge in [0.15, 0.2) is 0 Å². The van der Waals surface area contributed by atoms with Gasteiger partial charge in [0.25, 0.3) is 0 Å². The Labute approximate surface area is 65.2 Å². The second-order valence-electron chi connectivity index (χ2n) is 2.81. The molecule has 0 saturated heterocycles. The highest BCUT2D eigenvalue weighted by Gasteiger charge is 2.16. The molecule has 11 heavy (non-hydrogen) atoms. The number of aryl methyl sites for hydroxylation is 1. The molecule has 2 rings (SSSR count). The third-order valence-electron chi connectivity index (χ3n) is 1.77. The lowest BCUT2D eigenvalue weighted by Gasteiger charge is -1.98. The molecule has 0 aliphatic carbocycles. The van der Waals surface area contributed by atoms with Crippen molar-refractivity contribution in [2.75, 3.05) is 0 Å². The minimum Gasteiger partial charge on any atom is -0.256 e. The van der Waals surface area contributed by atoms with Crippen LogP contribution in [0, 0.1) is 6.92 Å². The summed E-state index contributed by atoms with van der Waals surface area (Å²) in [5.74, 6) is 0. The van der Waals surface area contributed by atoms with Gasteiger partial charge in [-0.05, 0) is 25.5 Å². The fourth-order valence-electron chi connectivity index (χ4n) is 1.17. The molecule has 0 fully saturated rings. The lowest BCUT2D eigenvalue weighted by Crippen LogP contribution is -1.89. The molecular formula is C8H9N3.